The maximum Gasteiger partial charge on any atom is 0.322 e. The van der Waals surface area contributed by atoms with Crippen LogP contribution in [-0.4, -0.2) is 50.4 Å². The molecule has 2 rings (SSSR count). The average Bonchev–Trinajstić information content (AvgIpc) is 2.62. The first-order chi connectivity index (χ1) is 12.0. The average molecular weight is 343 g/mol. The van der Waals surface area contributed by atoms with Gasteiger partial charge in [-0.3, -0.25) is 0 Å². The van der Waals surface area contributed by atoms with Crippen LogP contribution in [0.2, 0.25) is 0 Å². The standard InChI is InChI=1S/C19H25N3O3/c1-21(2)17-10-8-16(9-11-17)20-19(24)22(12-13-23)14-15-6-4-5-7-18(15)25-3/h4-11,23H,12-14H2,1-3H3,(H,20,24). The van der Waals surface area contributed by atoms with Crippen molar-refractivity contribution in [2.45, 2.75) is 6.54 Å². The van der Waals surface area contributed by atoms with Gasteiger partial charge in [0.2, 0.25) is 0 Å². The van der Waals surface area contributed by atoms with Crippen LogP contribution in [0.3, 0.4) is 0 Å². The Labute approximate surface area is 148 Å². The number of urea groups is 1. The smallest absolute Gasteiger partial charge is 0.322 e. The molecule has 2 aromatic carbocycles. The molecule has 0 aliphatic heterocycles. The van der Waals surface area contributed by atoms with Crippen molar-refractivity contribution >= 4 is 17.4 Å². The molecule has 2 aromatic rings. The molecule has 0 aliphatic rings. The number of nitrogens with zero attached hydrogens (tertiary/aromatic N) is 2. The Morgan fingerprint density at radius 2 is 1.80 bits per heavy atom. The molecule has 0 spiro atoms. The van der Waals surface area contributed by atoms with Gasteiger partial charge in [-0.1, -0.05) is 18.2 Å². The van der Waals surface area contributed by atoms with Crippen LogP contribution in [0.1, 0.15) is 5.56 Å². The Morgan fingerprint density at radius 1 is 1.12 bits per heavy atom. The highest BCUT2D eigenvalue weighted by Crippen LogP contribution is 2.20. The van der Waals surface area contributed by atoms with Crippen molar-refractivity contribution in [1.29, 1.82) is 0 Å². The summed E-state index contributed by atoms with van der Waals surface area (Å²) in [6, 6.07) is 14.8. The molecule has 0 aliphatic carbocycles. The van der Waals surface area contributed by atoms with E-state index in [1.165, 1.54) is 0 Å². The van der Waals surface area contributed by atoms with Gasteiger partial charge in [0.05, 0.1) is 20.3 Å². The summed E-state index contributed by atoms with van der Waals surface area (Å²) in [5.74, 6) is 0.716. The van der Waals surface area contributed by atoms with Gasteiger partial charge in [-0.05, 0) is 30.3 Å². The van der Waals surface area contributed by atoms with Crippen molar-refractivity contribution in [3.05, 3.63) is 54.1 Å². The molecule has 0 unspecified atom stereocenters. The number of rotatable bonds is 7. The molecule has 0 saturated carbocycles. The Morgan fingerprint density at radius 3 is 2.40 bits per heavy atom. The number of methoxy groups -OCH3 is 1. The second kappa shape index (κ2) is 8.94. The number of aliphatic hydroxyl groups excluding tert-OH is 1. The first kappa shape index (κ1) is 18.6. The highest BCUT2D eigenvalue weighted by molar-refractivity contribution is 5.89. The van der Waals surface area contributed by atoms with Gasteiger partial charge in [0, 0.05) is 37.6 Å². The summed E-state index contributed by atoms with van der Waals surface area (Å²) in [5, 5.41) is 12.2. The summed E-state index contributed by atoms with van der Waals surface area (Å²) in [7, 11) is 5.52. The largest absolute Gasteiger partial charge is 0.496 e. The first-order valence-corrected chi connectivity index (χ1v) is 8.11. The summed E-state index contributed by atoms with van der Waals surface area (Å²) in [4.78, 5) is 16.1. The number of amides is 2. The van der Waals surface area contributed by atoms with E-state index in [2.05, 4.69) is 5.32 Å². The number of ether oxygens (including phenoxy) is 1. The van der Waals surface area contributed by atoms with Crippen LogP contribution in [-0.2, 0) is 6.54 Å². The lowest BCUT2D eigenvalue weighted by Crippen LogP contribution is -2.36. The molecule has 2 amide bonds. The van der Waals surface area contributed by atoms with Crippen LogP contribution in [0.15, 0.2) is 48.5 Å². The van der Waals surface area contributed by atoms with Crippen LogP contribution in [0, 0.1) is 0 Å². The summed E-state index contributed by atoms with van der Waals surface area (Å²) < 4.78 is 5.33. The van der Waals surface area contributed by atoms with Crippen LogP contribution in [0.4, 0.5) is 16.2 Å². The molecule has 0 aromatic heterocycles. The van der Waals surface area contributed by atoms with Crippen LogP contribution < -0.4 is 15.0 Å². The second-order valence-electron chi connectivity index (χ2n) is 5.83. The van der Waals surface area contributed by atoms with Crippen LogP contribution in [0.5, 0.6) is 5.75 Å². The summed E-state index contributed by atoms with van der Waals surface area (Å²) >= 11 is 0. The van der Waals surface area contributed by atoms with Gasteiger partial charge in [-0.25, -0.2) is 4.79 Å². The molecule has 0 atom stereocenters. The van der Waals surface area contributed by atoms with E-state index < -0.39 is 0 Å². The van der Waals surface area contributed by atoms with Crippen molar-refractivity contribution in [3.8, 4) is 5.75 Å². The Bertz CT molecular complexity index is 687. The SMILES string of the molecule is COc1ccccc1CN(CCO)C(=O)Nc1ccc(N(C)C)cc1. The minimum absolute atomic E-state index is 0.109. The maximum absolute atomic E-state index is 12.6. The first-order valence-electron chi connectivity index (χ1n) is 8.11. The van der Waals surface area contributed by atoms with E-state index in [1.54, 1.807) is 12.0 Å². The molecule has 0 saturated heterocycles. The zero-order valence-electron chi connectivity index (χ0n) is 14.9. The quantitative estimate of drug-likeness (QED) is 0.811. The highest BCUT2D eigenvalue weighted by atomic mass is 16.5. The number of benzene rings is 2. The third-order valence-corrected chi connectivity index (χ3v) is 3.85. The number of nitrogens with one attached hydrogen (secondary N) is 1. The molecule has 25 heavy (non-hydrogen) atoms. The molecule has 6 heteroatoms. The lowest BCUT2D eigenvalue weighted by molar-refractivity contribution is 0.184. The van der Waals surface area contributed by atoms with Gasteiger partial charge in [0.15, 0.2) is 0 Å². The fourth-order valence-corrected chi connectivity index (χ4v) is 2.46. The minimum atomic E-state index is -0.266. The number of hydrogen-bond acceptors (Lipinski definition) is 4. The number of hydrogen-bond donors (Lipinski definition) is 2. The molecular formula is C19H25N3O3. The Kier molecular flexibility index (Phi) is 6.65. The predicted octanol–water partition coefficient (Wildman–Crippen LogP) is 2.79. The van der Waals surface area contributed by atoms with Crippen molar-refractivity contribution < 1.29 is 14.6 Å². The zero-order valence-corrected chi connectivity index (χ0v) is 14.9. The lowest BCUT2D eigenvalue weighted by atomic mass is 10.2. The van der Waals surface area contributed by atoms with Gasteiger partial charge >= 0.3 is 6.03 Å². The van der Waals surface area contributed by atoms with Gasteiger partial charge in [0.1, 0.15) is 5.75 Å². The highest BCUT2D eigenvalue weighted by Gasteiger charge is 2.15. The van der Waals surface area contributed by atoms with Crippen molar-refractivity contribution in [2.75, 3.05) is 44.6 Å². The van der Waals surface area contributed by atoms with Gasteiger partial charge in [-0.15, -0.1) is 0 Å². The van der Waals surface area contributed by atoms with Gasteiger partial charge in [0.25, 0.3) is 0 Å². The molecule has 6 nitrogen and oxygen atoms in total. The van der Waals surface area contributed by atoms with Crippen molar-refractivity contribution in [3.63, 3.8) is 0 Å². The fraction of sp³-hybridized carbons (Fsp3) is 0.316. The summed E-state index contributed by atoms with van der Waals surface area (Å²) in [6.07, 6.45) is 0. The third kappa shape index (κ3) is 5.12. The van der Waals surface area contributed by atoms with Crippen LogP contribution >= 0.6 is 0 Å². The van der Waals surface area contributed by atoms with Crippen molar-refractivity contribution in [1.82, 2.24) is 4.90 Å². The number of para-hydroxylation sites is 1. The lowest BCUT2D eigenvalue weighted by Gasteiger charge is -2.23. The monoisotopic (exact) mass is 343 g/mol. The minimum Gasteiger partial charge on any atom is -0.496 e. The second-order valence-corrected chi connectivity index (χ2v) is 5.83. The Balaban J connectivity index is 2.09. The number of carbonyl (C=O) groups excluding carboxylic acids is 1. The van der Waals surface area contributed by atoms with Crippen LogP contribution in [0.25, 0.3) is 0 Å². The Hall–Kier alpha value is -2.73. The summed E-state index contributed by atoms with van der Waals surface area (Å²) in [6.45, 7) is 0.480. The molecule has 0 heterocycles. The molecule has 134 valence electrons. The number of anilines is 2. The predicted molar refractivity (Wildman–Crippen MR) is 100 cm³/mol. The molecule has 0 bridgehead atoms. The van der Waals surface area contributed by atoms with Gasteiger partial charge < -0.3 is 25.0 Å². The molecule has 2 N–H and O–H groups in total. The normalized spacial score (nSPS) is 10.2. The van der Waals surface area contributed by atoms with E-state index in [-0.39, 0.29) is 19.2 Å². The fourth-order valence-electron chi connectivity index (χ4n) is 2.46. The van der Waals surface area contributed by atoms with Crippen molar-refractivity contribution in [2.24, 2.45) is 0 Å². The molecular weight excluding hydrogens is 318 g/mol. The molecule has 0 fully saturated rings. The maximum atomic E-state index is 12.6. The third-order valence-electron chi connectivity index (χ3n) is 3.85. The van der Waals surface area contributed by atoms with E-state index in [1.807, 2.05) is 67.5 Å². The van der Waals surface area contributed by atoms with E-state index in [4.69, 9.17) is 4.74 Å². The zero-order chi connectivity index (χ0) is 18.2. The number of carbonyl (C=O) groups is 1. The summed E-state index contributed by atoms with van der Waals surface area (Å²) in [5.41, 5.74) is 2.65. The van der Waals surface area contributed by atoms with E-state index in [0.717, 1.165) is 11.3 Å². The van der Waals surface area contributed by atoms with E-state index in [0.29, 0.717) is 18.0 Å². The van der Waals surface area contributed by atoms with E-state index >= 15 is 0 Å². The van der Waals surface area contributed by atoms with E-state index in [9.17, 15) is 9.90 Å². The topological polar surface area (TPSA) is 65.0 Å². The van der Waals surface area contributed by atoms with Gasteiger partial charge in [-0.2, -0.15) is 0 Å². The molecule has 0 radical (unpaired) electrons. The number of aliphatic hydroxyl groups is 1.